The topological polar surface area (TPSA) is 0 Å². The van der Waals surface area contributed by atoms with E-state index in [1.807, 2.05) is 18.6 Å². The first-order valence-electron chi connectivity index (χ1n) is 2.45. The quantitative estimate of drug-likeness (QED) is 0.411. The normalized spacial score (nSPS) is 17.5. The fourth-order valence-electron chi connectivity index (χ4n) is 0.570. The molecule has 0 aliphatic heterocycles. The molecule has 0 heteroatoms. The average molecular weight is 103 g/mol. The molecular formula is C8H7. The smallest absolute Gasteiger partial charge is 0.113 e. The van der Waals surface area contributed by atoms with Crippen molar-refractivity contribution >= 4 is 0 Å². The first kappa shape index (κ1) is 5.10. The Balaban J connectivity index is 2.77. The van der Waals surface area contributed by atoms with Gasteiger partial charge in [0.2, 0.25) is 0 Å². The number of hydrogen-bond acceptors (Lipinski definition) is 0. The summed E-state index contributed by atoms with van der Waals surface area (Å²) in [5, 5.41) is 0. The van der Waals surface area contributed by atoms with Gasteiger partial charge in [-0.3, -0.25) is 0 Å². The minimum Gasteiger partial charge on any atom is -0.153 e. The Hall–Kier alpha value is -1.04. The molecule has 1 aliphatic carbocycles. The van der Waals surface area contributed by atoms with Gasteiger partial charge in [0.25, 0.3) is 0 Å². The van der Waals surface area contributed by atoms with Crippen molar-refractivity contribution in [2.45, 2.75) is 0 Å². The molecule has 0 saturated carbocycles. The molecule has 0 N–H and O–H groups in total. The van der Waals surface area contributed by atoms with Gasteiger partial charge in [-0.2, -0.15) is 6.92 Å². The van der Waals surface area contributed by atoms with Crippen LogP contribution in [0.3, 0.4) is 0 Å². The molecule has 39 valence electrons. The maximum atomic E-state index is 3.69. The minimum atomic E-state index is 0.900. The first-order chi connectivity index (χ1) is 3.79. The molecule has 0 nitrogen and oxygen atoms in total. The van der Waals surface area contributed by atoms with Gasteiger partial charge in [0.1, 0.15) is 11.6 Å². The summed E-state index contributed by atoms with van der Waals surface area (Å²) in [4.78, 5) is 0. The number of allylic oxidation sites excluding steroid dienone is 5. The minimum absolute atomic E-state index is 0.900. The molecule has 1 aliphatic rings. The summed E-state index contributed by atoms with van der Waals surface area (Å²) in [6.45, 7) is 7.37. The highest BCUT2D eigenvalue weighted by Crippen LogP contribution is 2.09. The second kappa shape index (κ2) is 1.83. The highest BCUT2D eigenvalue weighted by atomic mass is 14.0. The molecule has 0 amide bonds. The van der Waals surface area contributed by atoms with E-state index in [1.165, 1.54) is 0 Å². The summed E-state index contributed by atoms with van der Waals surface area (Å²) in [6.07, 6.45) is 8.66. The Bertz CT molecular complexity index is 159. The molecule has 0 bridgehead atoms. The lowest BCUT2D eigenvalue weighted by molar-refractivity contribution is 1.45. The average Bonchev–Trinajstić information content (AvgIpc) is 1.64. The maximum absolute atomic E-state index is 3.69. The number of hydrogen-bond donors (Lipinski definition) is 0. The van der Waals surface area contributed by atoms with Crippen LogP contribution in [0.25, 0.3) is 0 Å². The van der Waals surface area contributed by atoms with Gasteiger partial charge in [0, 0.05) is 24.1 Å². The van der Waals surface area contributed by atoms with Crippen LogP contribution in [0.5, 0.6) is 0 Å². The first-order valence-corrected chi connectivity index (χ1v) is 2.45. The molecule has 0 aromatic rings. The number of rotatable bonds is 0. The third kappa shape index (κ3) is 0.969. The summed E-state index contributed by atoms with van der Waals surface area (Å²) >= 11 is 0. The lowest BCUT2D eigenvalue weighted by Crippen LogP contribution is -1.83. The van der Waals surface area contributed by atoms with Gasteiger partial charge in [-0.1, -0.05) is 0 Å². The van der Waals surface area contributed by atoms with E-state index in [0.29, 0.717) is 0 Å². The molecule has 0 unspecified atom stereocenters. The van der Waals surface area contributed by atoms with Gasteiger partial charge in [-0.05, 0) is 6.58 Å². The zero-order valence-electron chi connectivity index (χ0n) is 4.65. The van der Waals surface area contributed by atoms with Gasteiger partial charge in [0.05, 0.1) is 0 Å². The van der Waals surface area contributed by atoms with E-state index in [-0.39, 0.29) is 0 Å². The Kier molecular flexibility index (Phi) is 1.17. The SMILES string of the molecule is C=C1[C]=C([CH2-])C=C[CH+]1. The second-order valence-electron chi connectivity index (χ2n) is 1.70. The molecule has 1 radical (unpaired) electrons. The molecule has 0 aromatic carbocycles. The van der Waals surface area contributed by atoms with Crippen molar-refractivity contribution in [2.24, 2.45) is 0 Å². The van der Waals surface area contributed by atoms with Crippen molar-refractivity contribution in [2.75, 3.05) is 0 Å². The highest BCUT2D eigenvalue weighted by molar-refractivity contribution is 5.38. The third-order valence-electron chi connectivity index (χ3n) is 0.916. The van der Waals surface area contributed by atoms with E-state index in [0.717, 1.165) is 11.1 Å². The fraction of sp³-hybridized carbons (Fsp3) is 0. The molecule has 0 aromatic heterocycles. The van der Waals surface area contributed by atoms with Crippen LogP contribution in [-0.4, -0.2) is 0 Å². The van der Waals surface area contributed by atoms with Gasteiger partial charge in [-0.25, -0.2) is 0 Å². The summed E-state index contributed by atoms with van der Waals surface area (Å²) < 4.78 is 0. The van der Waals surface area contributed by atoms with E-state index >= 15 is 0 Å². The molecule has 0 saturated heterocycles. The Morgan fingerprint density at radius 1 is 1.75 bits per heavy atom. The van der Waals surface area contributed by atoms with E-state index in [4.69, 9.17) is 0 Å². The Morgan fingerprint density at radius 3 is 2.88 bits per heavy atom. The molecule has 0 fully saturated rings. The van der Waals surface area contributed by atoms with Crippen LogP contribution in [0.4, 0.5) is 0 Å². The largest absolute Gasteiger partial charge is 0.153 e. The van der Waals surface area contributed by atoms with Crippen LogP contribution in [0.15, 0.2) is 29.9 Å². The fourth-order valence-corrected chi connectivity index (χ4v) is 0.570. The van der Waals surface area contributed by atoms with Gasteiger partial charge >= 0.3 is 0 Å². The maximum Gasteiger partial charge on any atom is 0.113 e. The van der Waals surface area contributed by atoms with Gasteiger partial charge in [0.15, 0.2) is 0 Å². The van der Waals surface area contributed by atoms with Crippen molar-refractivity contribution in [1.82, 2.24) is 0 Å². The second-order valence-corrected chi connectivity index (χ2v) is 1.70. The molecule has 0 spiro atoms. The third-order valence-corrected chi connectivity index (χ3v) is 0.916. The summed E-state index contributed by atoms with van der Waals surface area (Å²) in [6, 6.07) is 0. The zero-order chi connectivity index (χ0) is 5.98. The van der Waals surface area contributed by atoms with E-state index in [1.54, 1.807) is 0 Å². The Labute approximate surface area is 50.2 Å². The van der Waals surface area contributed by atoms with E-state index in [2.05, 4.69) is 19.6 Å². The van der Waals surface area contributed by atoms with Crippen molar-refractivity contribution in [3.8, 4) is 0 Å². The predicted octanol–water partition coefficient (Wildman–Crippen LogP) is 1.88. The zero-order valence-corrected chi connectivity index (χ0v) is 4.65. The molecule has 8 heavy (non-hydrogen) atoms. The van der Waals surface area contributed by atoms with Crippen LogP contribution >= 0.6 is 0 Å². The summed E-state index contributed by atoms with van der Waals surface area (Å²) in [5.74, 6) is 0. The monoisotopic (exact) mass is 103 g/mol. The van der Waals surface area contributed by atoms with Gasteiger partial charge in [-0.15, -0.1) is 0 Å². The van der Waals surface area contributed by atoms with Crippen molar-refractivity contribution in [1.29, 1.82) is 0 Å². The Morgan fingerprint density at radius 2 is 2.50 bits per heavy atom. The van der Waals surface area contributed by atoms with Crippen LogP contribution < -0.4 is 0 Å². The predicted molar refractivity (Wildman–Crippen MR) is 34.7 cm³/mol. The van der Waals surface area contributed by atoms with E-state index < -0.39 is 0 Å². The summed E-state index contributed by atoms with van der Waals surface area (Å²) in [7, 11) is 0. The summed E-state index contributed by atoms with van der Waals surface area (Å²) in [5.41, 5.74) is 1.80. The van der Waals surface area contributed by atoms with Crippen molar-refractivity contribution in [3.05, 3.63) is 49.3 Å². The molecule has 0 heterocycles. The standard InChI is InChI=1S/C8H7/c1-7-4-3-5-8(2)6-7/h3-5H,1-2H2. The molecule has 0 atom stereocenters. The van der Waals surface area contributed by atoms with Gasteiger partial charge < -0.3 is 0 Å². The van der Waals surface area contributed by atoms with Crippen molar-refractivity contribution < 1.29 is 0 Å². The van der Waals surface area contributed by atoms with Crippen LogP contribution in [0.2, 0.25) is 0 Å². The lowest BCUT2D eigenvalue weighted by atomic mass is 10.1. The highest BCUT2D eigenvalue weighted by Gasteiger charge is 2.01. The molecule has 1 rings (SSSR count). The van der Waals surface area contributed by atoms with Crippen LogP contribution in [0, 0.1) is 19.4 Å². The van der Waals surface area contributed by atoms with Crippen LogP contribution in [0.1, 0.15) is 0 Å². The van der Waals surface area contributed by atoms with Crippen molar-refractivity contribution in [3.63, 3.8) is 0 Å². The lowest BCUT2D eigenvalue weighted by Gasteiger charge is -1.92. The van der Waals surface area contributed by atoms with Crippen LogP contribution in [-0.2, 0) is 0 Å². The van der Waals surface area contributed by atoms with E-state index in [9.17, 15) is 0 Å². The molecular weight excluding hydrogens is 96.1 g/mol.